The van der Waals surface area contributed by atoms with Crippen molar-refractivity contribution in [2.75, 3.05) is 6.54 Å². The summed E-state index contributed by atoms with van der Waals surface area (Å²) in [5.41, 5.74) is 0. The molecule has 1 fully saturated rings. The minimum Gasteiger partial charge on any atom is -0.368 e. The predicted molar refractivity (Wildman–Crippen MR) is 38.5 cm³/mol. The number of hydrogen-bond acceptors (Lipinski definition) is 2. The molecule has 54 valence electrons. The maximum Gasteiger partial charge on any atom is 0.159 e. The fourth-order valence-electron chi connectivity index (χ4n) is 1.75. The van der Waals surface area contributed by atoms with Crippen molar-refractivity contribution in [2.24, 2.45) is 0 Å². The molecule has 2 heterocycles. The van der Waals surface area contributed by atoms with Gasteiger partial charge in [-0.3, -0.25) is 4.79 Å². The highest BCUT2D eigenvalue weighted by Crippen LogP contribution is 2.22. The van der Waals surface area contributed by atoms with Crippen LogP contribution in [0.3, 0.4) is 0 Å². The van der Waals surface area contributed by atoms with E-state index in [-0.39, 0.29) is 6.04 Å². The molecule has 1 atom stereocenters. The van der Waals surface area contributed by atoms with E-state index in [9.17, 15) is 4.79 Å². The Morgan fingerprint density at radius 3 is 3.30 bits per heavy atom. The number of rotatable bonds is 0. The van der Waals surface area contributed by atoms with Gasteiger partial charge in [-0.05, 0) is 19.0 Å². The Hall–Kier alpha value is -0.790. The zero-order valence-electron chi connectivity index (χ0n) is 5.92. The van der Waals surface area contributed by atoms with Crippen molar-refractivity contribution in [3.63, 3.8) is 0 Å². The van der Waals surface area contributed by atoms with Crippen LogP contribution in [-0.4, -0.2) is 23.3 Å². The van der Waals surface area contributed by atoms with Crippen LogP contribution in [-0.2, 0) is 4.79 Å². The Labute approximate surface area is 60.5 Å². The average molecular weight is 137 g/mol. The predicted octanol–water partition coefficient (Wildman–Crippen LogP) is 0.937. The second kappa shape index (κ2) is 2.11. The fourth-order valence-corrected chi connectivity index (χ4v) is 1.75. The van der Waals surface area contributed by atoms with Gasteiger partial charge in [0.1, 0.15) is 0 Å². The van der Waals surface area contributed by atoms with E-state index < -0.39 is 0 Å². The molecule has 2 aliphatic heterocycles. The van der Waals surface area contributed by atoms with Crippen molar-refractivity contribution in [1.82, 2.24) is 4.90 Å². The molecule has 2 heteroatoms. The van der Waals surface area contributed by atoms with Gasteiger partial charge in [-0.1, -0.05) is 6.08 Å². The SMILES string of the molecule is O=C1CC=CN2CCCC12. The van der Waals surface area contributed by atoms with Gasteiger partial charge in [0.2, 0.25) is 0 Å². The number of ketones is 1. The van der Waals surface area contributed by atoms with Crippen LogP contribution in [0.5, 0.6) is 0 Å². The monoisotopic (exact) mass is 137 g/mol. The van der Waals surface area contributed by atoms with Crippen LogP contribution in [0.25, 0.3) is 0 Å². The lowest BCUT2D eigenvalue weighted by Crippen LogP contribution is -2.34. The van der Waals surface area contributed by atoms with Gasteiger partial charge >= 0.3 is 0 Å². The molecular weight excluding hydrogens is 126 g/mol. The molecule has 0 radical (unpaired) electrons. The number of Topliss-reactive ketones (excluding diaryl/α,β-unsaturated/α-hetero) is 1. The molecule has 0 spiro atoms. The van der Waals surface area contributed by atoms with Crippen LogP contribution in [0.4, 0.5) is 0 Å². The molecule has 0 aromatic heterocycles. The van der Waals surface area contributed by atoms with Crippen molar-refractivity contribution >= 4 is 5.78 Å². The molecule has 1 unspecified atom stereocenters. The van der Waals surface area contributed by atoms with Gasteiger partial charge in [-0.25, -0.2) is 0 Å². The maximum absolute atomic E-state index is 11.2. The Balaban J connectivity index is 2.22. The lowest BCUT2D eigenvalue weighted by molar-refractivity contribution is -0.122. The standard InChI is InChI=1S/C8H11NO/c10-8-4-2-6-9-5-1-3-7(8)9/h2,6-7H,1,3-5H2. The summed E-state index contributed by atoms with van der Waals surface area (Å²) in [6.07, 6.45) is 6.94. The van der Waals surface area contributed by atoms with E-state index >= 15 is 0 Å². The highest BCUT2D eigenvalue weighted by atomic mass is 16.1. The van der Waals surface area contributed by atoms with Crippen molar-refractivity contribution in [3.8, 4) is 0 Å². The smallest absolute Gasteiger partial charge is 0.159 e. The molecule has 1 saturated heterocycles. The van der Waals surface area contributed by atoms with Crippen molar-refractivity contribution in [3.05, 3.63) is 12.3 Å². The first-order chi connectivity index (χ1) is 4.88. The number of nitrogens with zero attached hydrogens (tertiary/aromatic N) is 1. The highest BCUT2D eigenvalue weighted by molar-refractivity contribution is 5.86. The minimum absolute atomic E-state index is 0.241. The number of allylic oxidation sites excluding steroid dienone is 1. The van der Waals surface area contributed by atoms with Crippen LogP contribution < -0.4 is 0 Å². The minimum atomic E-state index is 0.241. The summed E-state index contributed by atoms with van der Waals surface area (Å²) in [4.78, 5) is 13.3. The van der Waals surface area contributed by atoms with Gasteiger partial charge in [0.25, 0.3) is 0 Å². The molecule has 0 saturated carbocycles. The first kappa shape index (κ1) is 5.96. The van der Waals surface area contributed by atoms with Gasteiger partial charge in [-0.15, -0.1) is 0 Å². The van der Waals surface area contributed by atoms with Gasteiger partial charge in [0.05, 0.1) is 6.04 Å². The molecule has 0 bridgehead atoms. The van der Waals surface area contributed by atoms with Gasteiger partial charge in [0.15, 0.2) is 5.78 Å². The first-order valence-corrected chi connectivity index (χ1v) is 3.83. The summed E-state index contributed by atoms with van der Waals surface area (Å²) in [5, 5.41) is 0. The van der Waals surface area contributed by atoms with Crippen molar-refractivity contribution in [1.29, 1.82) is 0 Å². The normalized spacial score (nSPS) is 31.0. The van der Waals surface area contributed by atoms with E-state index in [1.165, 1.54) is 6.42 Å². The summed E-state index contributed by atoms with van der Waals surface area (Å²) in [7, 11) is 0. The lowest BCUT2D eigenvalue weighted by Gasteiger charge is -2.24. The molecule has 2 aliphatic rings. The molecule has 2 nitrogen and oxygen atoms in total. The van der Waals surface area contributed by atoms with Gasteiger partial charge in [-0.2, -0.15) is 0 Å². The lowest BCUT2D eigenvalue weighted by atomic mass is 10.1. The Kier molecular flexibility index (Phi) is 1.26. The van der Waals surface area contributed by atoms with Crippen LogP contribution in [0, 0.1) is 0 Å². The van der Waals surface area contributed by atoms with Crippen LogP contribution in [0.1, 0.15) is 19.3 Å². The largest absolute Gasteiger partial charge is 0.368 e. The molecule has 10 heavy (non-hydrogen) atoms. The Morgan fingerprint density at radius 1 is 1.60 bits per heavy atom. The Morgan fingerprint density at radius 2 is 2.50 bits per heavy atom. The summed E-state index contributed by atoms with van der Waals surface area (Å²) in [6, 6.07) is 0.241. The quantitative estimate of drug-likeness (QED) is 0.495. The fraction of sp³-hybridized carbons (Fsp3) is 0.625. The summed E-state index contributed by atoms with van der Waals surface area (Å²) >= 11 is 0. The van der Waals surface area contributed by atoms with Crippen molar-refractivity contribution < 1.29 is 4.79 Å². The molecule has 2 rings (SSSR count). The van der Waals surface area contributed by atoms with Crippen LogP contribution >= 0.6 is 0 Å². The van der Waals surface area contributed by atoms with E-state index in [0.29, 0.717) is 12.2 Å². The van der Waals surface area contributed by atoms with Crippen LogP contribution in [0.2, 0.25) is 0 Å². The molecule has 0 aliphatic carbocycles. The van der Waals surface area contributed by atoms with E-state index in [1.54, 1.807) is 0 Å². The number of hydrogen-bond donors (Lipinski definition) is 0. The number of carbonyl (C=O) groups excluding carboxylic acids is 1. The van der Waals surface area contributed by atoms with E-state index in [2.05, 4.69) is 11.1 Å². The average Bonchev–Trinajstić information content (AvgIpc) is 2.36. The first-order valence-electron chi connectivity index (χ1n) is 3.83. The second-order valence-electron chi connectivity index (χ2n) is 2.95. The van der Waals surface area contributed by atoms with E-state index in [0.717, 1.165) is 13.0 Å². The molecule has 0 N–H and O–H groups in total. The van der Waals surface area contributed by atoms with Crippen LogP contribution in [0.15, 0.2) is 12.3 Å². The third-order valence-electron chi connectivity index (χ3n) is 2.28. The second-order valence-corrected chi connectivity index (χ2v) is 2.95. The topological polar surface area (TPSA) is 20.3 Å². The molecular formula is C8H11NO. The van der Waals surface area contributed by atoms with E-state index in [1.807, 2.05) is 6.08 Å². The highest BCUT2D eigenvalue weighted by Gasteiger charge is 2.29. The zero-order chi connectivity index (χ0) is 6.97. The third-order valence-corrected chi connectivity index (χ3v) is 2.28. The zero-order valence-corrected chi connectivity index (χ0v) is 5.92. The van der Waals surface area contributed by atoms with Gasteiger partial charge in [0, 0.05) is 13.0 Å². The van der Waals surface area contributed by atoms with E-state index in [4.69, 9.17) is 0 Å². The third kappa shape index (κ3) is 0.753. The molecule has 0 amide bonds. The van der Waals surface area contributed by atoms with Gasteiger partial charge < -0.3 is 4.90 Å². The summed E-state index contributed by atoms with van der Waals surface area (Å²) in [5.74, 6) is 0.403. The van der Waals surface area contributed by atoms with Crippen molar-refractivity contribution in [2.45, 2.75) is 25.3 Å². The summed E-state index contributed by atoms with van der Waals surface area (Å²) < 4.78 is 0. The number of carbonyl (C=O) groups is 1. The molecule has 0 aromatic carbocycles. The summed E-state index contributed by atoms with van der Waals surface area (Å²) in [6.45, 7) is 1.08. The molecule has 0 aromatic rings. The Bertz CT molecular complexity index is 186. The number of fused-ring (bicyclic) bond motifs is 1. The maximum atomic E-state index is 11.2.